The van der Waals surface area contributed by atoms with Gasteiger partial charge in [-0.05, 0) is 52.2 Å². The summed E-state index contributed by atoms with van der Waals surface area (Å²) in [6.45, 7) is 2.06. The van der Waals surface area contributed by atoms with Crippen molar-refractivity contribution in [3.05, 3.63) is 63.9 Å². The smallest absolute Gasteiger partial charge is 0.355 e. The van der Waals surface area contributed by atoms with Crippen LogP contribution in [0.4, 0.5) is 5.69 Å². The Labute approximate surface area is 149 Å². The van der Waals surface area contributed by atoms with E-state index in [0.717, 1.165) is 16.5 Å². The number of esters is 2. The maximum Gasteiger partial charge on any atom is 0.355 e. The van der Waals surface area contributed by atoms with E-state index in [4.69, 9.17) is 9.47 Å². The van der Waals surface area contributed by atoms with Crippen molar-refractivity contribution in [2.24, 2.45) is 0 Å². The third kappa shape index (κ3) is 3.59. The van der Waals surface area contributed by atoms with Gasteiger partial charge in [-0.15, -0.1) is 0 Å². The summed E-state index contributed by atoms with van der Waals surface area (Å²) < 4.78 is 10.5. The van der Waals surface area contributed by atoms with Crippen LogP contribution in [-0.2, 0) is 25.5 Å². The van der Waals surface area contributed by atoms with E-state index in [0.29, 0.717) is 5.69 Å². The summed E-state index contributed by atoms with van der Waals surface area (Å²) in [7, 11) is 2.54. The van der Waals surface area contributed by atoms with Gasteiger partial charge in [0.1, 0.15) is 5.70 Å². The van der Waals surface area contributed by atoms with Crippen LogP contribution in [0.3, 0.4) is 0 Å². The van der Waals surface area contributed by atoms with Crippen LogP contribution in [0.1, 0.15) is 12.5 Å². The van der Waals surface area contributed by atoms with E-state index in [9.17, 15) is 9.59 Å². The number of hydrogen-bond donors (Lipinski definition) is 0. The zero-order chi connectivity index (χ0) is 17.7. The van der Waals surface area contributed by atoms with Crippen LogP contribution in [-0.4, -0.2) is 26.2 Å². The van der Waals surface area contributed by atoms with Gasteiger partial charge in [-0.2, -0.15) is 0 Å². The SMILES string of the molecule is CCc1ccc(N2C=CC=CC(C(=O)OC)=C2C(=O)OC)c(Br)c1. The third-order valence-corrected chi connectivity index (χ3v) is 4.20. The van der Waals surface area contributed by atoms with Crippen LogP contribution in [0, 0.1) is 0 Å². The number of carbonyl (C=O) groups is 2. The van der Waals surface area contributed by atoms with Crippen LogP contribution in [0.2, 0.25) is 0 Å². The molecule has 1 aromatic rings. The van der Waals surface area contributed by atoms with Gasteiger partial charge in [0.15, 0.2) is 0 Å². The number of ether oxygens (including phenoxy) is 2. The fourth-order valence-electron chi connectivity index (χ4n) is 2.32. The number of anilines is 1. The van der Waals surface area contributed by atoms with Crippen LogP contribution in [0.15, 0.2) is 58.4 Å². The Morgan fingerprint density at radius 1 is 1.12 bits per heavy atom. The van der Waals surface area contributed by atoms with Crippen molar-refractivity contribution in [2.45, 2.75) is 13.3 Å². The number of carbonyl (C=O) groups excluding carboxylic acids is 2. The minimum absolute atomic E-state index is 0.0966. The highest BCUT2D eigenvalue weighted by atomic mass is 79.9. The molecule has 0 bridgehead atoms. The number of methoxy groups -OCH3 is 2. The van der Waals surface area contributed by atoms with E-state index in [1.54, 1.807) is 23.3 Å². The minimum Gasteiger partial charge on any atom is -0.465 e. The van der Waals surface area contributed by atoms with Crippen LogP contribution in [0.25, 0.3) is 0 Å². The highest BCUT2D eigenvalue weighted by Gasteiger charge is 2.28. The zero-order valence-corrected chi connectivity index (χ0v) is 15.3. The molecule has 0 amide bonds. The summed E-state index contributed by atoms with van der Waals surface area (Å²) in [5.74, 6) is -1.24. The van der Waals surface area contributed by atoms with E-state index in [-0.39, 0.29) is 11.3 Å². The average molecular weight is 392 g/mol. The fourth-order valence-corrected chi connectivity index (χ4v) is 2.93. The van der Waals surface area contributed by atoms with Gasteiger partial charge in [0.2, 0.25) is 0 Å². The van der Waals surface area contributed by atoms with Crippen LogP contribution >= 0.6 is 15.9 Å². The van der Waals surface area contributed by atoms with Gasteiger partial charge in [-0.25, -0.2) is 9.59 Å². The molecule has 1 aliphatic heterocycles. The first kappa shape index (κ1) is 18.0. The monoisotopic (exact) mass is 391 g/mol. The number of allylic oxidation sites excluding steroid dienone is 2. The van der Waals surface area contributed by atoms with Crippen molar-refractivity contribution >= 4 is 33.6 Å². The van der Waals surface area contributed by atoms with Gasteiger partial charge in [0, 0.05) is 10.7 Å². The molecular weight excluding hydrogens is 374 g/mol. The summed E-state index contributed by atoms with van der Waals surface area (Å²) in [6.07, 6.45) is 7.53. The van der Waals surface area contributed by atoms with Crippen molar-refractivity contribution in [2.75, 3.05) is 19.1 Å². The molecule has 2 rings (SSSR count). The molecule has 1 heterocycles. The van der Waals surface area contributed by atoms with E-state index in [1.807, 2.05) is 18.2 Å². The van der Waals surface area contributed by atoms with E-state index in [1.165, 1.54) is 20.3 Å². The summed E-state index contributed by atoms with van der Waals surface area (Å²) in [5, 5.41) is 0. The topological polar surface area (TPSA) is 55.8 Å². The van der Waals surface area contributed by atoms with Crippen molar-refractivity contribution in [3.8, 4) is 0 Å². The highest BCUT2D eigenvalue weighted by molar-refractivity contribution is 9.10. The third-order valence-electron chi connectivity index (χ3n) is 3.57. The van der Waals surface area contributed by atoms with E-state index < -0.39 is 11.9 Å². The normalized spacial score (nSPS) is 13.8. The van der Waals surface area contributed by atoms with Crippen molar-refractivity contribution in [3.63, 3.8) is 0 Å². The Hall–Kier alpha value is -2.34. The van der Waals surface area contributed by atoms with Gasteiger partial charge >= 0.3 is 11.9 Å². The molecule has 0 aromatic heterocycles. The molecule has 0 saturated heterocycles. The fraction of sp³-hybridized carbons (Fsp3) is 0.222. The van der Waals surface area contributed by atoms with Gasteiger partial charge in [0.05, 0.1) is 25.5 Å². The summed E-state index contributed by atoms with van der Waals surface area (Å²) in [5.41, 5.74) is 2.09. The number of benzene rings is 1. The lowest BCUT2D eigenvalue weighted by atomic mass is 10.1. The number of hydrogen-bond acceptors (Lipinski definition) is 5. The lowest BCUT2D eigenvalue weighted by molar-refractivity contribution is -0.139. The first-order chi connectivity index (χ1) is 11.5. The highest BCUT2D eigenvalue weighted by Crippen LogP contribution is 2.33. The summed E-state index contributed by atoms with van der Waals surface area (Å²) >= 11 is 3.53. The summed E-state index contributed by atoms with van der Waals surface area (Å²) in [6, 6.07) is 5.84. The molecule has 0 N–H and O–H groups in total. The Morgan fingerprint density at radius 2 is 1.83 bits per heavy atom. The molecule has 0 unspecified atom stereocenters. The average Bonchev–Trinajstić information content (AvgIpc) is 2.82. The second-order valence-electron chi connectivity index (χ2n) is 4.96. The predicted octanol–water partition coefficient (Wildman–Crippen LogP) is 3.50. The van der Waals surface area contributed by atoms with Crippen molar-refractivity contribution in [1.29, 1.82) is 0 Å². The molecular formula is C18H18BrNO4. The molecule has 24 heavy (non-hydrogen) atoms. The molecule has 5 nitrogen and oxygen atoms in total. The number of rotatable bonds is 4. The molecule has 0 radical (unpaired) electrons. The maximum absolute atomic E-state index is 12.4. The van der Waals surface area contributed by atoms with Crippen LogP contribution in [0.5, 0.6) is 0 Å². The van der Waals surface area contributed by atoms with Gasteiger partial charge in [0.25, 0.3) is 0 Å². The molecule has 0 saturated carbocycles. The van der Waals surface area contributed by atoms with E-state index >= 15 is 0 Å². The number of nitrogens with zero attached hydrogens (tertiary/aromatic N) is 1. The molecule has 126 valence electrons. The van der Waals surface area contributed by atoms with Crippen molar-refractivity contribution < 1.29 is 19.1 Å². The molecule has 0 aliphatic carbocycles. The molecule has 0 fully saturated rings. The zero-order valence-electron chi connectivity index (χ0n) is 13.7. The predicted molar refractivity (Wildman–Crippen MR) is 95.3 cm³/mol. The second-order valence-corrected chi connectivity index (χ2v) is 5.81. The maximum atomic E-state index is 12.4. The molecule has 1 aliphatic rings. The van der Waals surface area contributed by atoms with E-state index in [2.05, 4.69) is 22.9 Å². The first-order valence-electron chi connectivity index (χ1n) is 7.36. The number of aryl methyl sites for hydroxylation is 1. The van der Waals surface area contributed by atoms with Gasteiger partial charge in [-0.1, -0.05) is 19.1 Å². The first-order valence-corrected chi connectivity index (χ1v) is 8.16. The standard InChI is InChI=1S/C18H18BrNO4/c1-4-12-8-9-15(14(19)11-12)20-10-6-5-7-13(17(21)23-2)16(20)18(22)24-3/h5-11H,4H2,1-3H3. The van der Waals surface area contributed by atoms with Crippen LogP contribution < -0.4 is 4.90 Å². The largest absolute Gasteiger partial charge is 0.465 e. The number of halogens is 1. The second kappa shape index (κ2) is 7.97. The minimum atomic E-state index is -0.627. The van der Waals surface area contributed by atoms with Crippen molar-refractivity contribution in [1.82, 2.24) is 0 Å². The lowest BCUT2D eigenvalue weighted by Gasteiger charge is -2.24. The molecule has 6 heteroatoms. The quantitative estimate of drug-likeness (QED) is 0.735. The Bertz CT molecular complexity index is 749. The molecule has 0 atom stereocenters. The van der Waals surface area contributed by atoms with Gasteiger partial charge in [-0.3, -0.25) is 0 Å². The summed E-state index contributed by atoms with van der Waals surface area (Å²) in [4.78, 5) is 26.1. The Kier molecular flexibility index (Phi) is 5.98. The van der Waals surface area contributed by atoms with Gasteiger partial charge < -0.3 is 14.4 Å². The Balaban J connectivity index is 2.65. The molecule has 1 aromatic carbocycles. The Morgan fingerprint density at radius 3 is 2.42 bits per heavy atom. The molecule has 0 spiro atoms. The lowest BCUT2D eigenvalue weighted by Crippen LogP contribution is -2.27.